The number of rotatable bonds is 1. The van der Waals surface area contributed by atoms with Gasteiger partial charge in [0.25, 0.3) is 0 Å². The van der Waals surface area contributed by atoms with Crippen molar-refractivity contribution in [2.45, 2.75) is 5.88 Å². The molecule has 0 saturated heterocycles. The zero-order chi connectivity index (χ0) is 9.14. The van der Waals surface area contributed by atoms with E-state index in [2.05, 4.69) is 0 Å². The Balaban J connectivity index is 3.28. The molecule has 0 aliphatic heterocycles. The van der Waals surface area contributed by atoms with Crippen LogP contribution in [0, 0.1) is 23.0 Å². The first-order chi connectivity index (χ1) is 5.69. The molecule has 0 fully saturated rings. The number of hydrogen-bond acceptors (Lipinski definition) is 1. The summed E-state index contributed by atoms with van der Waals surface area (Å²) in [5.41, 5.74) is -0.241. The summed E-state index contributed by atoms with van der Waals surface area (Å²) in [5, 5.41) is 8.32. The van der Waals surface area contributed by atoms with Crippen molar-refractivity contribution < 1.29 is 8.78 Å². The predicted octanol–water partition coefficient (Wildman–Crippen LogP) is 2.58. The fourth-order valence-electron chi connectivity index (χ4n) is 0.776. The first-order valence-corrected chi connectivity index (χ1v) is 3.66. The second kappa shape index (κ2) is 3.51. The molecule has 4 heteroatoms. The van der Waals surface area contributed by atoms with Crippen LogP contribution in [0.2, 0.25) is 0 Å². The highest BCUT2D eigenvalue weighted by Crippen LogP contribution is 2.15. The summed E-state index contributed by atoms with van der Waals surface area (Å²) in [5.74, 6) is -1.49. The van der Waals surface area contributed by atoms with Gasteiger partial charge in [-0.25, -0.2) is 8.78 Å². The van der Waals surface area contributed by atoms with E-state index >= 15 is 0 Å². The maximum Gasteiger partial charge on any atom is 0.141 e. The number of nitrogens with zero attached hydrogens (tertiary/aromatic N) is 1. The van der Waals surface area contributed by atoms with Crippen LogP contribution in [-0.4, -0.2) is 0 Å². The van der Waals surface area contributed by atoms with Crippen LogP contribution in [0.5, 0.6) is 0 Å². The summed E-state index contributed by atoms with van der Waals surface area (Å²) in [6.07, 6.45) is 0. The molecule has 0 spiro atoms. The fraction of sp³-hybridized carbons (Fsp3) is 0.125. The van der Waals surface area contributed by atoms with E-state index in [1.54, 1.807) is 0 Å². The highest BCUT2D eigenvalue weighted by molar-refractivity contribution is 6.17. The number of alkyl halides is 1. The van der Waals surface area contributed by atoms with E-state index in [9.17, 15) is 8.78 Å². The Morgan fingerprint density at radius 2 is 2.00 bits per heavy atom. The van der Waals surface area contributed by atoms with Crippen molar-refractivity contribution in [3.63, 3.8) is 0 Å². The molecule has 62 valence electrons. The van der Waals surface area contributed by atoms with Gasteiger partial charge < -0.3 is 0 Å². The van der Waals surface area contributed by atoms with Crippen molar-refractivity contribution >= 4 is 11.6 Å². The molecule has 0 unspecified atom stereocenters. The van der Waals surface area contributed by atoms with Gasteiger partial charge in [0.15, 0.2) is 0 Å². The number of hydrogen-bond donors (Lipinski definition) is 0. The largest absolute Gasteiger partial charge is 0.207 e. The van der Waals surface area contributed by atoms with E-state index in [0.29, 0.717) is 0 Å². The molecule has 0 amide bonds. The van der Waals surface area contributed by atoms with Gasteiger partial charge in [-0.15, -0.1) is 11.6 Å². The molecule has 0 heterocycles. The van der Waals surface area contributed by atoms with Crippen molar-refractivity contribution in [1.29, 1.82) is 5.26 Å². The Labute approximate surface area is 73.2 Å². The predicted molar refractivity (Wildman–Crippen MR) is 40.6 cm³/mol. The molecule has 0 saturated carbocycles. The molecule has 1 aromatic rings. The Bertz CT molecular complexity index is 343. The van der Waals surface area contributed by atoms with Crippen molar-refractivity contribution in [1.82, 2.24) is 0 Å². The van der Waals surface area contributed by atoms with Crippen LogP contribution in [0.1, 0.15) is 11.1 Å². The van der Waals surface area contributed by atoms with Crippen LogP contribution in [0.15, 0.2) is 12.1 Å². The van der Waals surface area contributed by atoms with Crippen LogP contribution in [0.25, 0.3) is 0 Å². The van der Waals surface area contributed by atoms with Crippen LogP contribution in [0.4, 0.5) is 8.78 Å². The highest BCUT2D eigenvalue weighted by atomic mass is 35.5. The van der Waals surface area contributed by atoms with Gasteiger partial charge in [-0.05, 0) is 12.1 Å². The van der Waals surface area contributed by atoms with Gasteiger partial charge in [-0.1, -0.05) is 0 Å². The fourth-order valence-corrected chi connectivity index (χ4v) is 0.981. The van der Waals surface area contributed by atoms with Crippen molar-refractivity contribution in [2.75, 3.05) is 0 Å². The topological polar surface area (TPSA) is 23.8 Å². The van der Waals surface area contributed by atoms with Crippen LogP contribution in [-0.2, 0) is 5.88 Å². The lowest BCUT2D eigenvalue weighted by atomic mass is 10.1. The lowest BCUT2D eigenvalue weighted by molar-refractivity contribution is 0.588. The number of halogens is 3. The number of benzene rings is 1. The van der Waals surface area contributed by atoms with Gasteiger partial charge in [-0.2, -0.15) is 5.26 Å². The first kappa shape index (κ1) is 8.95. The first-order valence-electron chi connectivity index (χ1n) is 3.13. The number of nitriles is 1. The Morgan fingerprint density at radius 1 is 1.33 bits per heavy atom. The zero-order valence-electron chi connectivity index (χ0n) is 5.94. The smallest absolute Gasteiger partial charge is 0.141 e. The van der Waals surface area contributed by atoms with Crippen LogP contribution >= 0.6 is 11.6 Å². The third kappa shape index (κ3) is 1.54. The Morgan fingerprint density at radius 3 is 2.50 bits per heavy atom. The Kier molecular flexibility index (Phi) is 2.61. The highest BCUT2D eigenvalue weighted by Gasteiger charge is 2.07. The molecule has 1 nitrogen and oxygen atoms in total. The molecular formula is C8H4ClF2N. The van der Waals surface area contributed by atoms with E-state index in [1.165, 1.54) is 6.07 Å². The third-order valence-corrected chi connectivity index (χ3v) is 1.69. The van der Waals surface area contributed by atoms with Crippen molar-refractivity contribution in [3.8, 4) is 6.07 Å². The van der Waals surface area contributed by atoms with E-state index in [-0.39, 0.29) is 17.0 Å². The normalized spacial score (nSPS) is 9.50. The minimum absolute atomic E-state index is 0.0631. The average molecular weight is 188 g/mol. The molecule has 0 atom stereocenters. The summed E-state index contributed by atoms with van der Waals surface area (Å²) in [6, 6.07) is 3.30. The summed E-state index contributed by atoms with van der Waals surface area (Å²) in [4.78, 5) is 0. The van der Waals surface area contributed by atoms with E-state index in [0.717, 1.165) is 12.1 Å². The molecular weight excluding hydrogens is 184 g/mol. The second-order valence-electron chi connectivity index (χ2n) is 2.17. The van der Waals surface area contributed by atoms with Gasteiger partial charge in [0.1, 0.15) is 17.7 Å². The van der Waals surface area contributed by atoms with Crippen molar-refractivity contribution in [2.24, 2.45) is 0 Å². The van der Waals surface area contributed by atoms with E-state index in [4.69, 9.17) is 16.9 Å². The van der Waals surface area contributed by atoms with E-state index < -0.39 is 11.6 Å². The second-order valence-corrected chi connectivity index (χ2v) is 2.44. The standard InChI is InChI=1S/C8H4ClF2N/c9-3-5-1-8(11)6(4-12)2-7(5)10/h1-2H,3H2. The molecule has 0 radical (unpaired) electrons. The molecule has 0 aromatic heterocycles. The average Bonchev–Trinajstić information content (AvgIpc) is 2.08. The monoisotopic (exact) mass is 187 g/mol. The molecule has 1 rings (SSSR count). The molecule has 0 N–H and O–H groups in total. The molecule has 0 aliphatic rings. The summed E-state index contributed by atoms with van der Waals surface area (Å²) in [7, 11) is 0. The third-order valence-electron chi connectivity index (χ3n) is 1.40. The van der Waals surface area contributed by atoms with Crippen molar-refractivity contribution in [3.05, 3.63) is 34.9 Å². The molecule has 0 aliphatic carbocycles. The van der Waals surface area contributed by atoms with E-state index in [1.807, 2.05) is 0 Å². The molecule has 0 bridgehead atoms. The zero-order valence-corrected chi connectivity index (χ0v) is 6.70. The molecule has 1 aromatic carbocycles. The van der Waals surface area contributed by atoms with Gasteiger partial charge in [0.2, 0.25) is 0 Å². The maximum atomic E-state index is 12.8. The Hall–Kier alpha value is -1.14. The SMILES string of the molecule is N#Cc1cc(F)c(CCl)cc1F. The minimum Gasteiger partial charge on any atom is -0.207 e. The lowest BCUT2D eigenvalue weighted by Crippen LogP contribution is -1.92. The summed E-state index contributed by atoms with van der Waals surface area (Å²) in [6.45, 7) is 0. The van der Waals surface area contributed by atoms with Crippen LogP contribution < -0.4 is 0 Å². The van der Waals surface area contributed by atoms with Gasteiger partial charge in [0, 0.05) is 5.56 Å². The summed E-state index contributed by atoms with van der Waals surface area (Å²) < 4.78 is 25.6. The maximum absolute atomic E-state index is 12.8. The quantitative estimate of drug-likeness (QED) is 0.620. The van der Waals surface area contributed by atoms with Gasteiger partial charge in [0.05, 0.1) is 11.4 Å². The minimum atomic E-state index is -0.741. The summed E-state index contributed by atoms with van der Waals surface area (Å²) >= 11 is 5.31. The lowest BCUT2D eigenvalue weighted by Gasteiger charge is -1.99. The van der Waals surface area contributed by atoms with Gasteiger partial charge in [-0.3, -0.25) is 0 Å². The van der Waals surface area contributed by atoms with Crippen LogP contribution in [0.3, 0.4) is 0 Å². The molecule has 12 heavy (non-hydrogen) atoms. The van der Waals surface area contributed by atoms with Gasteiger partial charge >= 0.3 is 0 Å².